The molecule has 2 heterocycles. The highest BCUT2D eigenvalue weighted by Gasteiger charge is 2.37. The molecule has 0 fully saturated rings. The predicted molar refractivity (Wildman–Crippen MR) is 202 cm³/mol. The molecule has 0 unspecified atom stereocenters. The van der Waals surface area contributed by atoms with Gasteiger partial charge in [0.05, 0.1) is 17.1 Å². The van der Waals surface area contributed by atoms with Gasteiger partial charge >= 0.3 is 0 Å². The van der Waals surface area contributed by atoms with E-state index < -0.39 is 0 Å². The van der Waals surface area contributed by atoms with Gasteiger partial charge in [-0.3, -0.25) is 4.98 Å². The topological polar surface area (TPSA) is 38.7 Å². The van der Waals surface area contributed by atoms with Gasteiger partial charge in [-0.1, -0.05) is 141 Å². The minimum atomic E-state index is -0.0819. The molecule has 0 aliphatic heterocycles. The maximum absolute atomic E-state index is 5.11. The molecule has 6 aromatic carbocycles. The average molecular weight is 628 g/mol. The molecule has 1 aliphatic rings. The van der Waals surface area contributed by atoms with E-state index in [1.165, 1.54) is 44.2 Å². The number of benzene rings is 6. The summed E-state index contributed by atoms with van der Waals surface area (Å²) in [5, 5.41) is 2.56. The molecule has 232 valence electrons. The van der Waals surface area contributed by atoms with Gasteiger partial charge in [0.25, 0.3) is 0 Å². The van der Waals surface area contributed by atoms with Crippen molar-refractivity contribution in [3.63, 3.8) is 0 Å². The molecule has 0 amide bonds. The predicted octanol–water partition coefficient (Wildman–Crippen LogP) is 11.7. The Kier molecular flexibility index (Phi) is 6.80. The van der Waals surface area contributed by atoms with Crippen molar-refractivity contribution in [1.29, 1.82) is 0 Å². The molecule has 0 N–H and O–H groups in total. The lowest BCUT2D eigenvalue weighted by Gasteiger charge is -2.22. The third kappa shape index (κ3) is 4.94. The Hall–Kier alpha value is -6.19. The van der Waals surface area contributed by atoms with Crippen LogP contribution in [0.15, 0.2) is 164 Å². The van der Waals surface area contributed by atoms with Gasteiger partial charge in [0.2, 0.25) is 0 Å². The molecule has 0 saturated heterocycles. The van der Waals surface area contributed by atoms with Crippen molar-refractivity contribution in [2.24, 2.45) is 0 Å². The first-order chi connectivity index (χ1) is 24.0. The normalized spacial score (nSPS) is 12.9. The SMILES string of the molecule is CC1(C)c2cc3ccccc3cc2-c2c(-c3ccc(-c4cc(-c5ccccc5-c5ccccn5)nc(-c5ccccc5)n4)cc3)cccc21. The molecule has 1 aliphatic carbocycles. The van der Waals surface area contributed by atoms with E-state index >= 15 is 0 Å². The maximum atomic E-state index is 5.11. The van der Waals surface area contributed by atoms with E-state index in [0.29, 0.717) is 5.82 Å². The van der Waals surface area contributed by atoms with E-state index in [9.17, 15) is 0 Å². The second-order valence-electron chi connectivity index (χ2n) is 13.3. The fourth-order valence-electron chi connectivity index (χ4n) is 7.44. The molecule has 3 nitrogen and oxygen atoms in total. The van der Waals surface area contributed by atoms with Gasteiger partial charge in [-0.2, -0.15) is 0 Å². The largest absolute Gasteiger partial charge is 0.256 e. The Bertz CT molecular complexity index is 2500. The summed E-state index contributed by atoms with van der Waals surface area (Å²) >= 11 is 0. The first-order valence-electron chi connectivity index (χ1n) is 16.8. The van der Waals surface area contributed by atoms with Gasteiger partial charge in [0.15, 0.2) is 5.82 Å². The van der Waals surface area contributed by atoms with E-state index in [-0.39, 0.29) is 5.41 Å². The van der Waals surface area contributed by atoms with Crippen LogP contribution in [0.4, 0.5) is 0 Å². The zero-order valence-corrected chi connectivity index (χ0v) is 27.4. The summed E-state index contributed by atoms with van der Waals surface area (Å²) < 4.78 is 0. The van der Waals surface area contributed by atoms with Crippen LogP contribution in [-0.2, 0) is 5.41 Å². The molecule has 0 bridgehead atoms. The molecule has 0 radical (unpaired) electrons. The highest BCUT2D eigenvalue weighted by atomic mass is 14.9. The van der Waals surface area contributed by atoms with Crippen LogP contribution in [-0.4, -0.2) is 15.0 Å². The van der Waals surface area contributed by atoms with Crippen LogP contribution in [0.25, 0.3) is 78.2 Å². The number of fused-ring (bicyclic) bond motifs is 4. The van der Waals surface area contributed by atoms with Crippen LogP contribution in [0.3, 0.4) is 0 Å². The van der Waals surface area contributed by atoms with Crippen LogP contribution in [0, 0.1) is 0 Å². The summed E-state index contributed by atoms with van der Waals surface area (Å²) in [7, 11) is 0. The van der Waals surface area contributed by atoms with Crippen LogP contribution in [0.5, 0.6) is 0 Å². The summed E-state index contributed by atoms with van der Waals surface area (Å²) in [6.07, 6.45) is 1.83. The summed E-state index contributed by atoms with van der Waals surface area (Å²) in [6, 6.07) is 55.7. The van der Waals surface area contributed by atoms with Crippen molar-refractivity contribution in [2.45, 2.75) is 19.3 Å². The fourth-order valence-corrected chi connectivity index (χ4v) is 7.44. The Morgan fingerprint density at radius 1 is 0.408 bits per heavy atom. The summed E-state index contributed by atoms with van der Waals surface area (Å²) in [5.74, 6) is 0.694. The molecule has 0 atom stereocenters. The second-order valence-corrected chi connectivity index (χ2v) is 13.3. The van der Waals surface area contributed by atoms with Gasteiger partial charge in [0.1, 0.15) is 0 Å². The molecule has 9 rings (SSSR count). The van der Waals surface area contributed by atoms with E-state index in [1.54, 1.807) is 0 Å². The van der Waals surface area contributed by atoms with Crippen LogP contribution >= 0.6 is 0 Å². The highest BCUT2D eigenvalue weighted by molar-refractivity contribution is 5.98. The minimum Gasteiger partial charge on any atom is -0.256 e. The van der Waals surface area contributed by atoms with Crippen molar-refractivity contribution in [3.05, 3.63) is 175 Å². The molecule has 8 aromatic rings. The lowest BCUT2D eigenvalue weighted by Crippen LogP contribution is -2.14. The summed E-state index contributed by atoms with van der Waals surface area (Å²) in [5.41, 5.74) is 14.5. The van der Waals surface area contributed by atoms with Gasteiger partial charge in [-0.05, 0) is 74.5 Å². The Morgan fingerprint density at radius 3 is 1.80 bits per heavy atom. The zero-order valence-electron chi connectivity index (χ0n) is 27.4. The number of hydrogen-bond donors (Lipinski definition) is 0. The van der Waals surface area contributed by atoms with Gasteiger partial charge < -0.3 is 0 Å². The smallest absolute Gasteiger partial charge is 0.160 e. The van der Waals surface area contributed by atoms with Crippen molar-refractivity contribution in [3.8, 4) is 67.4 Å². The molecule has 49 heavy (non-hydrogen) atoms. The van der Waals surface area contributed by atoms with Crippen molar-refractivity contribution >= 4 is 10.8 Å². The quantitative estimate of drug-likeness (QED) is 0.191. The van der Waals surface area contributed by atoms with Crippen molar-refractivity contribution < 1.29 is 0 Å². The standard InChI is InChI=1S/C46H33N3/c1-46(2)39-20-12-19-35(44(39)38-27-33-15-6-7-16-34(33)28-40(38)46)30-22-24-31(25-23-30)42-29-43(49-45(48-42)32-13-4-3-5-14-32)37-18-9-8-17-36(37)41-21-10-11-26-47-41/h3-29H,1-2H3. The number of aromatic nitrogens is 3. The van der Waals surface area contributed by atoms with Crippen LogP contribution in [0.1, 0.15) is 25.0 Å². The Balaban J connectivity index is 1.17. The molecule has 0 saturated carbocycles. The molecule has 0 spiro atoms. The Morgan fingerprint density at radius 2 is 1.04 bits per heavy atom. The molecular formula is C46H33N3. The molecular weight excluding hydrogens is 595 g/mol. The molecule has 3 heteroatoms. The Labute approximate surface area is 286 Å². The van der Waals surface area contributed by atoms with Crippen LogP contribution < -0.4 is 0 Å². The third-order valence-corrected chi connectivity index (χ3v) is 9.96. The van der Waals surface area contributed by atoms with Crippen molar-refractivity contribution in [2.75, 3.05) is 0 Å². The van der Waals surface area contributed by atoms with Crippen molar-refractivity contribution in [1.82, 2.24) is 15.0 Å². The second kappa shape index (κ2) is 11.5. The number of pyridine rings is 1. The number of hydrogen-bond acceptors (Lipinski definition) is 3. The van der Waals surface area contributed by atoms with Gasteiger partial charge in [0, 0.05) is 33.9 Å². The van der Waals surface area contributed by atoms with E-state index in [0.717, 1.165) is 39.3 Å². The first-order valence-corrected chi connectivity index (χ1v) is 16.8. The third-order valence-electron chi connectivity index (χ3n) is 9.96. The summed E-state index contributed by atoms with van der Waals surface area (Å²) in [4.78, 5) is 14.9. The lowest BCUT2D eigenvalue weighted by molar-refractivity contribution is 0.661. The van der Waals surface area contributed by atoms with Gasteiger partial charge in [-0.25, -0.2) is 9.97 Å². The van der Waals surface area contributed by atoms with E-state index in [4.69, 9.17) is 9.97 Å². The number of nitrogens with zero attached hydrogens (tertiary/aromatic N) is 3. The highest BCUT2D eigenvalue weighted by Crippen LogP contribution is 2.53. The maximum Gasteiger partial charge on any atom is 0.160 e. The molecule has 2 aromatic heterocycles. The van der Waals surface area contributed by atoms with E-state index in [2.05, 4.69) is 140 Å². The van der Waals surface area contributed by atoms with Gasteiger partial charge in [-0.15, -0.1) is 0 Å². The van der Waals surface area contributed by atoms with E-state index in [1.807, 2.05) is 42.6 Å². The first kappa shape index (κ1) is 29.0. The zero-order chi connectivity index (χ0) is 33.0. The number of rotatable bonds is 5. The average Bonchev–Trinajstić information content (AvgIpc) is 3.39. The monoisotopic (exact) mass is 627 g/mol. The summed E-state index contributed by atoms with van der Waals surface area (Å²) in [6.45, 7) is 4.70. The van der Waals surface area contributed by atoms with Crippen LogP contribution in [0.2, 0.25) is 0 Å². The lowest BCUT2D eigenvalue weighted by atomic mass is 9.81. The fraction of sp³-hybridized carbons (Fsp3) is 0.0652. The minimum absolute atomic E-state index is 0.0819.